The van der Waals surface area contributed by atoms with Crippen LogP contribution in [0.4, 0.5) is 0 Å². The highest BCUT2D eigenvalue weighted by atomic mass is 16.7. The average Bonchev–Trinajstić information content (AvgIpc) is 2.42. The smallest absolute Gasteiger partial charge is 0.181 e. The Balaban J connectivity index is 2.67. The molecule has 0 spiro atoms. The summed E-state index contributed by atoms with van der Waals surface area (Å²) in [6.07, 6.45) is -3.11. The van der Waals surface area contributed by atoms with Crippen LogP contribution >= 0.6 is 0 Å². The van der Waals surface area contributed by atoms with E-state index in [1.165, 1.54) is 0 Å². The van der Waals surface area contributed by atoms with Crippen LogP contribution in [0.25, 0.3) is 0 Å². The van der Waals surface area contributed by atoms with Gasteiger partial charge in [0.05, 0.1) is 18.3 Å². The van der Waals surface area contributed by atoms with Gasteiger partial charge in [0.15, 0.2) is 6.29 Å². The van der Waals surface area contributed by atoms with Crippen LogP contribution in [-0.4, -0.2) is 52.1 Å². The second-order valence-electron chi connectivity index (χ2n) is 5.30. The fourth-order valence-corrected chi connectivity index (χ4v) is 1.93. The molecule has 0 aliphatic carbocycles. The summed E-state index contributed by atoms with van der Waals surface area (Å²) in [6.45, 7) is 7.12. The van der Waals surface area contributed by atoms with Gasteiger partial charge in [-0.1, -0.05) is 6.92 Å². The van der Waals surface area contributed by atoms with Gasteiger partial charge in [-0.3, -0.25) is 0 Å². The number of rotatable bonds is 3. The molecule has 5 heteroatoms. The third-order valence-electron chi connectivity index (χ3n) is 2.67. The zero-order chi connectivity index (χ0) is 12.5. The molecule has 5 atom stereocenters. The van der Waals surface area contributed by atoms with E-state index in [2.05, 4.69) is 0 Å². The van der Waals surface area contributed by atoms with Crippen molar-refractivity contribution in [2.45, 2.75) is 57.9 Å². The lowest BCUT2D eigenvalue weighted by Crippen LogP contribution is -2.38. The Kier molecular flexibility index (Phi) is 4.31. The number of aliphatic hydroxyl groups is 3. The summed E-state index contributed by atoms with van der Waals surface area (Å²) in [6, 6.07) is 0. The van der Waals surface area contributed by atoms with Crippen molar-refractivity contribution in [1.82, 2.24) is 0 Å². The van der Waals surface area contributed by atoms with E-state index in [4.69, 9.17) is 14.6 Å². The van der Waals surface area contributed by atoms with Crippen molar-refractivity contribution in [2.75, 3.05) is 6.61 Å². The molecule has 0 radical (unpaired) electrons. The predicted octanol–water partition coefficient (Wildman–Crippen LogP) is -0.123. The third-order valence-corrected chi connectivity index (χ3v) is 2.67. The number of hydrogen-bond donors (Lipinski definition) is 3. The highest BCUT2D eigenvalue weighted by molar-refractivity contribution is 4.89. The molecule has 16 heavy (non-hydrogen) atoms. The molecule has 0 bridgehead atoms. The van der Waals surface area contributed by atoms with E-state index in [0.717, 1.165) is 0 Å². The highest BCUT2D eigenvalue weighted by Crippen LogP contribution is 2.32. The fraction of sp³-hybridized carbons (Fsp3) is 1.00. The normalized spacial score (nSPS) is 37.7. The van der Waals surface area contributed by atoms with Gasteiger partial charge in [-0.2, -0.15) is 0 Å². The Bertz CT molecular complexity index is 225. The van der Waals surface area contributed by atoms with Crippen LogP contribution in [0.3, 0.4) is 0 Å². The minimum atomic E-state index is -1.06. The number of ether oxygens (including phenoxy) is 2. The van der Waals surface area contributed by atoms with Crippen molar-refractivity contribution in [3.63, 3.8) is 0 Å². The molecule has 1 fully saturated rings. The standard InChI is InChI=1S/C11H22O5/c1-6-8(7(13)5-12)15-10(14)9(6)16-11(2,3)4/h6-10,12-14H,5H2,1-4H3/t6-,7?,8?,9-,10+/m1/s1. The minimum Gasteiger partial charge on any atom is -0.394 e. The Hall–Kier alpha value is -0.200. The van der Waals surface area contributed by atoms with Gasteiger partial charge in [0, 0.05) is 5.92 Å². The van der Waals surface area contributed by atoms with E-state index in [9.17, 15) is 10.2 Å². The van der Waals surface area contributed by atoms with Gasteiger partial charge in [-0.05, 0) is 20.8 Å². The van der Waals surface area contributed by atoms with Crippen LogP contribution in [-0.2, 0) is 9.47 Å². The van der Waals surface area contributed by atoms with E-state index in [1.807, 2.05) is 27.7 Å². The first kappa shape index (κ1) is 13.9. The minimum absolute atomic E-state index is 0.170. The van der Waals surface area contributed by atoms with Gasteiger partial charge in [0.1, 0.15) is 12.2 Å². The van der Waals surface area contributed by atoms with E-state index >= 15 is 0 Å². The van der Waals surface area contributed by atoms with Crippen molar-refractivity contribution in [3.8, 4) is 0 Å². The molecule has 1 rings (SSSR count). The zero-order valence-corrected chi connectivity index (χ0v) is 10.3. The average molecular weight is 234 g/mol. The molecular weight excluding hydrogens is 212 g/mol. The summed E-state index contributed by atoms with van der Waals surface area (Å²) < 4.78 is 10.9. The maximum Gasteiger partial charge on any atom is 0.181 e. The van der Waals surface area contributed by atoms with Gasteiger partial charge in [0.2, 0.25) is 0 Å². The summed E-state index contributed by atoms with van der Waals surface area (Å²) >= 11 is 0. The molecule has 1 aliphatic heterocycles. The van der Waals surface area contributed by atoms with Gasteiger partial charge in [0.25, 0.3) is 0 Å². The lowest BCUT2D eigenvalue weighted by atomic mass is 9.96. The second-order valence-corrected chi connectivity index (χ2v) is 5.30. The quantitative estimate of drug-likeness (QED) is 0.634. The maximum atomic E-state index is 9.70. The molecule has 1 saturated heterocycles. The van der Waals surface area contributed by atoms with Gasteiger partial charge >= 0.3 is 0 Å². The van der Waals surface area contributed by atoms with Crippen LogP contribution in [0, 0.1) is 5.92 Å². The van der Waals surface area contributed by atoms with Crippen molar-refractivity contribution in [3.05, 3.63) is 0 Å². The summed E-state index contributed by atoms with van der Waals surface area (Å²) in [5.41, 5.74) is -0.387. The summed E-state index contributed by atoms with van der Waals surface area (Å²) in [4.78, 5) is 0. The Labute approximate surface area is 96.0 Å². The summed E-state index contributed by atoms with van der Waals surface area (Å²) in [5.74, 6) is -0.170. The predicted molar refractivity (Wildman–Crippen MR) is 57.8 cm³/mol. The van der Waals surface area contributed by atoms with Crippen molar-refractivity contribution in [2.24, 2.45) is 5.92 Å². The molecule has 96 valence electrons. The molecule has 1 aliphatic rings. The molecule has 0 aromatic heterocycles. The molecule has 0 aromatic rings. The largest absolute Gasteiger partial charge is 0.394 e. The maximum absolute atomic E-state index is 9.70. The molecule has 5 nitrogen and oxygen atoms in total. The molecule has 0 saturated carbocycles. The monoisotopic (exact) mass is 234 g/mol. The molecule has 0 aromatic carbocycles. The van der Waals surface area contributed by atoms with Crippen molar-refractivity contribution < 1.29 is 24.8 Å². The van der Waals surface area contributed by atoms with E-state index in [0.29, 0.717) is 0 Å². The molecule has 2 unspecified atom stereocenters. The number of hydrogen-bond acceptors (Lipinski definition) is 5. The number of aliphatic hydroxyl groups excluding tert-OH is 3. The van der Waals surface area contributed by atoms with E-state index in [-0.39, 0.29) is 18.1 Å². The van der Waals surface area contributed by atoms with Crippen LogP contribution in [0.5, 0.6) is 0 Å². The first-order valence-electron chi connectivity index (χ1n) is 5.56. The van der Waals surface area contributed by atoms with Crippen LogP contribution in [0.2, 0.25) is 0 Å². The molecule has 0 amide bonds. The SMILES string of the molecule is C[C@@H]1C(C(O)CO)O[C@H](O)[C@@H]1OC(C)(C)C. The lowest BCUT2D eigenvalue weighted by molar-refractivity contribution is -0.179. The van der Waals surface area contributed by atoms with E-state index < -0.39 is 24.6 Å². The molecule has 3 N–H and O–H groups in total. The van der Waals surface area contributed by atoms with E-state index in [1.54, 1.807) is 0 Å². The van der Waals surface area contributed by atoms with Crippen molar-refractivity contribution >= 4 is 0 Å². The first-order valence-corrected chi connectivity index (χ1v) is 5.56. The Morgan fingerprint density at radius 3 is 2.38 bits per heavy atom. The van der Waals surface area contributed by atoms with Gasteiger partial charge in [-0.15, -0.1) is 0 Å². The third kappa shape index (κ3) is 3.15. The second kappa shape index (κ2) is 4.98. The first-order chi connectivity index (χ1) is 7.26. The van der Waals surface area contributed by atoms with Crippen molar-refractivity contribution in [1.29, 1.82) is 0 Å². The van der Waals surface area contributed by atoms with Crippen LogP contribution in [0.1, 0.15) is 27.7 Å². The zero-order valence-electron chi connectivity index (χ0n) is 10.3. The Morgan fingerprint density at radius 1 is 1.38 bits per heavy atom. The summed E-state index contributed by atoms with van der Waals surface area (Å²) in [7, 11) is 0. The van der Waals surface area contributed by atoms with Crippen LogP contribution in [0.15, 0.2) is 0 Å². The van der Waals surface area contributed by atoms with Gasteiger partial charge < -0.3 is 24.8 Å². The van der Waals surface area contributed by atoms with Gasteiger partial charge in [-0.25, -0.2) is 0 Å². The highest BCUT2D eigenvalue weighted by Gasteiger charge is 2.46. The molecular formula is C11H22O5. The lowest BCUT2D eigenvalue weighted by Gasteiger charge is -2.28. The topological polar surface area (TPSA) is 79.2 Å². The Morgan fingerprint density at radius 2 is 1.94 bits per heavy atom. The molecule has 1 heterocycles. The fourth-order valence-electron chi connectivity index (χ4n) is 1.93. The van der Waals surface area contributed by atoms with Crippen LogP contribution < -0.4 is 0 Å². The summed E-state index contributed by atoms with van der Waals surface area (Å²) in [5, 5.41) is 28.1.